The highest BCUT2D eigenvalue weighted by molar-refractivity contribution is 7.80. The van der Waals surface area contributed by atoms with E-state index in [-0.39, 0.29) is 4.99 Å². The first kappa shape index (κ1) is 13.8. The largest absolute Gasteiger partial charge is 0.487 e. The molecule has 0 aliphatic carbocycles. The van der Waals surface area contributed by atoms with Crippen molar-refractivity contribution in [3.63, 3.8) is 0 Å². The summed E-state index contributed by atoms with van der Waals surface area (Å²) in [6, 6.07) is 11.1. The monoisotopic (exact) mass is 292 g/mol. The second-order valence-electron chi connectivity index (χ2n) is 4.04. The van der Waals surface area contributed by atoms with Crippen LogP contribution in [0.25, 0.3) is 0 Å². The van der Waals surface area contributed by atoms with Crippen LogP contribution < -0.4 is 10.5 Å². The normalized spacial score (nSPS) is 10.2. The molecule has 0 saturated heterocycles. The van der Waals surface area contributed by atoms with E-state index in [4.69, 9.17) is 34.3 Å². The van der Waals surface area contributed by atoms with Gasteiger partial charge in [0.05, 0.1) is 16.3 Å². The highest BCUT2D eigenvalue weighted by Crippen LogP contribution is 2.26. The van der Waals surface area contributed by atoms with Gasteiger partial charge in [-0.1, -0.05) is 36.0 Å². The fourth-order valence-corrected chi connectivity index (χ4v) is 2.23. The number of aromatic nitrogens is 1. The Morgan fingerprint density at radius 3 is 2.74 bits per heavy atom. The summed E-state index contributed by atoms with van der Waals surface area (Å²) in [6.07, 6.45) is 0. The molecule has 98 valence electrons. The Labute approximate surface area is 122 Å². The topological polar surface area (TPSA) is 48.1 Å². The molecule has 5 heteroatoms. The van der Waals surface area contributed by atoms with Crippen LogP contribution in [0, 0.1) is 6.92 Å². The summed E-state index contributed by atoms with van der Waals surface area (Å²) < 4.78 is 5.71. The third-order valence-electron chi connectivity index (χ3n) is 2.54. The van der Waals surface area contributed by atoms with Gasteiger partial charge in [0.25, 0.3) is 0 Å². The van der Waals surface area contributed by atoms with Gasteiger partial charge >= 0.3 is 0 Å². The molecule has 1 aromatic carbocycles. The smallest absolute Gasteiger partial charge is 0.131 e. The van der Waals surface area contributed by atoms with Crippen LogP contribution in [0.15, 0.2) is 36.4 Å². The van der Waals surface area contributed by atoms with Crippen LogP contribution in [-0.4, -0.2) is 9.97 Å². The van der Waals surface area contributed by atoms with E-state index < -0.39 is 0 Å². The van der Waals surface area contributed by atoms with Gasteiger partial charge in [0, 0.05) is 5.69 Å². The molecule has 0 amide bonds. The molecular formula is C14H13ClN2OS. The maximum atomic E-state index is 6.07. The van der Waals surface area contributed by atoms with Crippen LogP contribution in [0.5, 0.6) is 5.75 Å². The van der Waals surface area contributed by atoms with Crippen molar-refractivity contribution in [2.75, 3.05) is 0 Å². The number of aryl methyl sites for hydroxylation is 1. The van der Waals surface area contributed by atoms with Gasteiger partial charge in [-0.2, -0.15) is 0 Å². The Hall–Kier alpha value is -1.65. The zero-order chi connectivity index (χ0) is 13.8. The highest BCUT2D eigenvalue weighted by Gasteiger charge is 2.11. The second-order valence-corrected chi connectivity index (χ2v) is 4.88. The number of pyridine rings is 1. The van der Waals surface area contributed by atoms with Crippen LogP contribution in [0.3, 0.4) is 0 Å². The second kappa shape index (κ2) is 5.99. The van der Waals surface area contributed by atoms with Crippen molar-refractivity contribution in [2.24, 2.45) is 5.73 Å². The molecule has 0 saturated carbocycles. The zero-order valence-corrected chi connectivity index (χ0v) is 12.0. The van der Waals surface area contributed by atoms with E-state index in [9.17, 15) is 0 Å². The number of ether oxygens (including phenoxy) is 1. The van der Waals surface area contributed by atoms with Crippen LogP contribution >= 0.6 is 23.8 Å². The van der Waals surface area contributed by atoms with Crippen LogP contribution in [0.4, 0.5) is 0 Å². The molecular weight excluding hydrogens is 280 g/mol. The Balaban J connectivity index is 2.20. The Kier molecular flexibility index (Phi) is 4.35. The summed E-state index contributed by atoms with van der Waals surface area (Å²) in [4.78, 5) is 4.58. The average Bonchev–Trinajstić information content (AvgIpc) is 2.36. The van der Waals surface area contributed by atoms with Crippen molar-refractivity contribution in [1.82, 2.24) is 4.98 Å². The number of hydrogen-bond acceptors (Lipinski definition) is 3. The summed E-state index contributed by atoms with van der Waals surface area (Å²) in [5.41, 5.74) is 8.01. The summed E-state index contributed by atoms with van der Waals surface area (Å²) in [7, 11) is 0. The fourth-order valence-electron chi connectivity index (χ4n) is 1.70. The van der Waals surface area contributed by atoms with Gasteiger partial charge < -0.3 is 10.5 Å². The highest BCUT2D eigenvalue weighted by atomic mass is 35.5. The van der Waals surface area contributed by atoms with Gasteiger partial charge in [-0.05, 0) is 31.2 Å². The molecule has 0 fully saturated rings. The predicted molar refractivity (Wildman–Crippen MR) is 80.6 cm³/mol. The van der Waals surface area contributed by atoms with Gasteiger partial charge in [-0.15, -0.1) is 0 Å². The van der Waals surface area contributed by atoms with Crippen molar-refractivity contribution in [3.8, 4) is 5.75 Å². The minimum atomic E-state index is 0.220. The molecule has 2 aromatic rings. The lowest BCUT2D eigenvalue weighted by atomic mass is 10.2. The molecule has 0 spiro atoms. The predicted octanol–water partition coefficient (Wildman–Crippen LogP) is 3.26. The first-order valence-electron chi connectivity index (χ1n) is 5.71. The number of hydrogen-bond donors (Lipinski definition) is 1. The van der Waals surface area contributed by atoms with Crippen molar-refractivity contribution in [1.29, 1.82) is 0 Å². The summed E-state index contributed by atoms with van der Waals surface area (Å²) >= 11 is 11.1. The number of halogens is 1. The number of rotatable bonds is 4. The van der Waals surface area contributed by atoms with E-state index >= 15 is 0 Å². The van der Waals surface area contributed by atoms with Crippen molar-refractivity contribution >= 4 is 28.8 Å². The van der Waals surface area contributed by atoms with Crippen LogP contribution in [-0.2, 0) is 6.61 Å². The molecule has 0 atom stereocenters. The van der Waals surface area contributed by atoms with Crippen molar-refractivity contribution in [3.05, 3.63) is 58.4 Å². The lowest BCUT2D eigenvalue weighted by Crippen LogP contribution is -2.12. The molecule has 19 heavy (non-hydrogen) atoms. The van der Waals surface area contributed by atoms with E-state index in [1.807, 2.05) is 25.1 Å². The Morgan fingerprint density at radius 2 is 2.05 bits per heavy atom. The fraction of sp³-hybridized carbons (Fsp3) is 0.143. The standard InChI is InChI=1S/C14H13ClN2OS/c1-9-4-2-5-10(17-9)8-18-12-7-3-6-11(15)13(12)14(16)19/h2-7H,8H2,1H3,(H2,16,19). The minimum Gasteiger partial charge on any atom is -0.487 e. The number of thiocarbonyl (C=S) groups is 1. The first-order valence-corrected chi connectivity index (χ1v) is 6.50. The van der Waals surface area contributed by atoms with E-state index in [0.29, 0.717) is 22.9 Å². The lowest BCUT2D eigenvalue weighted by Gasteiger charge is -2.11. The van der Waals surface area contributed by atoms with Crippen LogP contribution in [0.2, 0.25) is 5.02 Å². The van der Waals surface area contributed by atoms with Gasteiger partial charge in [-0.25, -0.2) is 0 Å². The molecule has 0 bridgehead atoms. The molecule has 1 aromatic heterocycles. The van der Waals surface area contributed by atoms with Gasteiger partial charge in [0.2, 0.25) is 0 Å². The average molecular weight is 293 g/mol. The first-order chi connectivity index (χ1) is 9.08. The number of nitrogens with zero attached hydrogens (tertiary/aromatic N) is 1. The quantitative estimate of drug-likeness (QED) is 0.879. The summed E-state index contributed by atoms with van der Waals surface area (Å²) in [5, 5.41) is 0.488. The molecule has 0 aliphatic heterocycles. The lowest BCUT2D eigenvalue weighted by molar-refractivity contribution is 0.300. The number of nitrogens with two attached hydrogens (primary N) is 1. The maximum absolute atomic E-state index is 6.07. The van der Waals surface area contributed by atoms with Gasteiger partial charge in [-0.3, -0.25) is 4.98 Å². The van der Waals surface area contributed by atoms with Gasteiger partial charge in [0.15, 0.2) is 0 Å². The third kappa shape index (κ3) is 3.43. The molecule has 0 radical (unpaired) electrons. The third-order valence-corrected chi connectivity index (χ3v) is 3.06. The molecule has 0 aliphatic rings. The van der Waals surface area contributed by atoms with Crippen LogP contribution in [0.1, 0.15) is 17.0 Å². The van der Waals surface area contributed by atoms with E-state index in [1.54, 1.807) is 18.2 Å². The van der Waals surface area contributed by atoms with Crippen molar-refractivity contribution in [2.45, 2.75) is 13.5 Å². The summed E-state index contributed by atoms with van der Waals surface area (Å²) in [5.74, 6) is 0.573. The molecule has 2 rings (SSSR count). The summed E-state index contributed by atoms with van der Waals surface area (Å²) in [6.45, 7) is 2.28. The Bertz CT molecular complexity index is 616. The maximum Gasteiger partial charge on any atom is 0.131 e. The van der Waals surface area contributed by atoms with E-state index in [0.717, 1.165) is 11.4 Å². The Morgan fingerprint density at radius 1 is 1.32 bits per heavy atom. The molecule has 3 nitrogen and oxygen atoms in total. The SMILES string of the molecule is Cc1cccc(COc2cccc(Cl)c2C(N)=S)n1. The van der Waals surface area contributed by atoms with E-state index in [2.05, 4.69) is 4.98 Å². The zero-order valence-electron chi connectivity index (χ0n) is 10.4. The molecule has 1 heterocycles. The minimum absolute atomic E-state index is 0.220. The molecule has 0 unspecified atom stereocenters. The molecule has 2 N–H and O–H groups in total. The van der Waals surface area contributed by atoms with E-state index in [1.165, 1.54) is 0 Å². The number of benzene rings is 1. The van der Waals surface area contributed by atoms with Crippen molar-refractivity contribution < 1.29 is 4.74 Å². The van der Waals surface area contributed by atoms with Gasteiger partial charge in [0.1, 0.15) is 17.3 Å².